The van der Waals surface area contributed by atoms with E-state index in [2.05, 4.69) is 0 Å². The van der Waals surface area contributed by atoms with Gasteiger partial charge in [-0.3, -0.25) is 54.6 Å². The molecule has 0 spiro atoms. The Labute approximate surface area is 379 Å². The summed E-state index contributed by atoms with van der Waals surface area (Å²) < 4.78 is 323. The third-order valence-corrected chi connectivity index (χ3v) is 13.4. The third kappa shape index (κ3) is 262. The maximum absolute atomic E-state index is 9.66. The minimum atomic E-state index is -4.62. The first-order chi connectivity index (χ1) is 22.5. The second-order valence-corrected chi connectivity index (χ2v) is 27.2. The molecule has 0 aromatic heterocycles. The third-order valence-electron chi connectivity index (χ3n) is 1.49. The topological polar surface area (TPSA) is 652 Å². The molecule has 0 saturated heterocycles. The van der Waals surface area contributed by atoms with E-state index < -0.39 is 147 Å². The van der Waals surface area contributed by atoms with Crippen molar-refractivity contribution in [1.82, 2.24) is 0 Å². The average molecular weight is 1220 g/mol. The van der Waals surface area contributed by atoms with Gasteiger partial charge >= 0.3 is 0 Å². The molecule has 0 unspecified atom stereocenters. The van der Waals surface area contributed by atoms with E-state index in [0.717, 1.165) is 0 Å². The highest BCUT2D eigenvalue weighted by molar-refractivity contribution is 8.04. The number of rotatable bonds is 10. The smallest absolute Gasteiger partial charge is 0.281 e. The van der Waals surface area contributed by atoms with Crippen LogP contribution < -0.4 is 0 Å². The van der Waals surface area contributed by atoms with Crippen molar-refractivity contribution in [3.63, 3.8) is 0 Å². The largest absolute Gasteiger partial charge is 0.286 e. The van der Waals surface area contributed by atoms with Crippen LogP contribution in [0.4, 0.5) is 0 Å². The van der Waals surface area contributed by atoms with Crippen LogP contribution >= 0.6 is 0 Å². The van der Waals surface area contributed by atoms with Crippen LogP contribution in [0.25, 0.3) is 0 Å². The van der Waals surface area contributed by atoms with Crippen LogP contribution in [0.2, 0.25) is 0 Å². The lowest BCUT2D eigenvalue weighted by Gasteiger charge is -1.89. The Morgan fingerprint density at radius 3 is 0.219 bits per heavy atom. The monoisotopic (exact) mass is 1220 g/mol. The van der Waals surface area contributed by atoms with Crippen molar-refractivity contribution < 1.29 is 156 Å². The van der Waals surface area contributed by atoms with Gasteiger partial charge in [-0.15, -0.1) is 0 Å². The molecule has 416 valence electrons. The predicted molar refractivity (Wildman–Crippen MR) is 235 cm³/mol. The van der Waals surface area contributed by atoms with Gasteiger partial charge in [0.25, 0.3) is 121 Å². The van der Waals surface area contributed by atoms with E-state index in [4.69, 9.17) is 54.6 Å². The Morgan fingerprint density at radius 2 is 0.219 bits per heavy atom. The Kier molecular flexibility index (Phi) is 68.3. The molecule has 0 aliphatic carbocycles. The van der Waals surface area contributed by atoms with E-state index in [1.54, 1.807) is 0 Å². The molecule has 0 atom stereocenters. The van der Waals surface area contributed by atoms with Crippen molar-refractivity contribution in [2.24, 2.45) is 0 Å². The van der Waals surface area contributed by atoms with Gasteiger partial charge in [-0.2, -0.15) is 101 Å². The number of hydrogen-bond donors (Lipinski definition) is 12. The van der Waals surface area contributed by atoms with Gasteiger partial charge in [-0.25, -0.2) is 0 Å². The van der Waals surface area contributed by atoms with Crippen molar-refractivity contribution in [3.8, 4) is 0 Å². The maximum Gasteiger partial charge on any atom is 0.281 e. The summed E-state index contributed by atoms with van der Waals surface area (Å²) in [4.78, 5) is 0. The van der Waals surface area contributed by atoms with Gasteiger partial charge in [0, 0.05) is 0 Å². The van der Waals surface area contributed by atoms with Crippen LogP contribution in [0, 0.1) is 0 Å². The highest BCUT2D eigenvalue weighted by Gasteiger charge is 2.18. The molecule has 48 heteroatoms. The fourth-order valence-electron chi connectivity index (χ4n) is 0.941. The molecule has 0 heterocycles. The van der Waals surface area contributed by atoms with Gasteiger partial charge in [0.1, 0.15) is 0 Å². The average Bonchev–Trinajstić information content (AvgIpc) is 2.50. The summed E-state index contributed by atoms with van der Waals surface area (Å²) in [6.45, 7) is 0. The summed E-state index contributed by atoms with van der Waals surface area (Å²) >= 11 is 0. The second-order valence-electron chi connectivity index (χ2n) is 7.87. The Balaban J connectivity index is -0.0000000296. The summed E-state index contributed by atoms with van der Waals surface area (Å²) in [5, 5.41) is -8.26. The molecule has 0 aromatic rings. The zero-order valence-corrected chi connectivity index (χ0v) is 35.4. The first-order valence-electron chi connectivity index (χ1n) is 9.89. The molecule has 0 aromatic carbocycles. The highest BCUT2D eigenvalue weighted by Crippen LogP contribution is 1.91. The van der Waals surface area contributed by atoms with Crippen molar-refractivity contribution in [1.29, 1.82) is 0 Å². The molecule has 0 rings (SSSR count). The lowest BCUT2D eigenvalue weighted by molar-refractivity contribution is 0.467. The molecule has 12 N–H and O–H groups in total. The zero-order chi connectivity index (χ0) is 47.5. The van der Waals surface area contributed by atoms with Crippen LogP contribution in [0.3, 0.4) is 0 Å². The quantitative estimate of drug-likeness (QED) is 0.109. The molecule has 0 aliphatic heterocycles. The SMILES string of the molecule is C.C.C.C.C.C.C.C.C.CS(=O)(=O)O.CS(=O)(=O)O.O=S(=O)(O)CS(=O)(=O)O.O=S(=O)(O)CS(=O)(=O)O.O=S(=O)(O)CS(=O)(=O)O.O=S(=O)(O)CS(=O)(=O)O.O=S(=O)(O)CS(=O)(=O)O. The first kappa shape index (κ1) is 110. The molecule has 0 radical (unpaired) electrons. The summed E-state index contributed by atoms with van der Waals surface area (Å²) in [6, 6.07) is 0. The number of hydrogen-bond acceptors (Lipinski definition) is 24. The fraction of sp³-hybridized carbons (Fsp3) is 1.00. The molecule has 0 amide bonds. The first-order valence-corrected chi connectivity index (χ1v) is 29.7. The molecule has 0 bridgehead atoms. The van der Waals surface area contributed by atoms with Crippen LogP contribution in [-0.2, 0) is 121 Å². The van der Waals surface area contributed by atoms with Crippen molar-refractivity contribution in [2.45, 2.75) is 66.8 Å². The van der Waals surface area contributed by atoms with E-state index >= 15 is 0 Å². The minimum absolute atomic E-state index is 0. The van der Waals surface area contributed by atoms with Crippen LogP contribution in [0.15, 0.2) is 0 Å². The van der Waals surface area contributed by atoms with Crippen molar-refractivity contribution in [2.75, 3.05) is 37.9 Å². The summed E-state index contributed by atoms with van der Waals surface area (Å²) in [5.74, 6) is 0. The maximum atomic E-state index is 9.66. The normalized spacial score (nSPS) is 11.3. The molecule has 64 heavy (non-hydrogen) atoms. The lowest BCUT2D eigenvalue weighted by atomic mass is 11.9. The Bertz CT molecular complexity index is 2010. The van der Waals surface area contributed by atoms with Gasteiger partial charge in [-0.1, -0.05) is 66.8 Å². The molecule has 0 saturated carbocycles. The molecule has 36 nitrogen and oxygen atoms in total. The van der Waals surface area contributed by atoms with E-state index in [9.17, 15) is 101 Å². The van der Waals surface area contributed by atoms with E-state index in [-0.39, 0.29) is 66.8 Å². The molecule has 0 fully saturated rings. The van der Waals surface area contributed by atoms with E-state index in [0.29, 0.717) is 12.5 Å². The summed E-state index contributed by atoms with van der Waals surface area (Å²) in [6.07, 6.45) is 1.43. The van der Waals surface area contributed by atoms with Crippen molar-refractivity contribution >= 4 is 121 Å². The standard InChI is InChI=1S/5CH4O6S2.2CH4O3S.9CH4/c5*2-8(3,4)1-9(5,6)7;2*1-5(2,3)4;;;;;;;;;/h5*1H2,(H,2,3,4)(H,5,6,7);2*1H3,(H,2,3,4);9*1H4. The Morgan fingerprint density at radius 1 is 0.188 bits per heavy atom. The van der Waals surface area contributed by atoms with Gasteiger partial charge in [0.05, 0.1) is 12.5 Å². The molecular weight excluding hydrogens is 1150 g/mol. The lowest BCUT2D eigenvalue weighted by Crippen LogP contribution is -2.13. The molecule has 0 aliphatic rings. The Hall–Kier alpha value is -1.08. The second kappa shape index (κ2) is 39.9. The van der Waals surface area contributed by atoms with Crippen molar-refractivity contribution in [3.05, 3.63) is 0 Å². The zero-order valence-electron chi connectivity index (χ0n) is 25.6. The van der Waals surface area contributed by atoms with Crippen LogP contribution in [0.5, 0.6) is 0 Å². The van der Waals surface area contributed by atoms with Gasteiger partial charge < -0.3 is 0 Å². The fourth-order valence-corrected chi connectivity index (χ4v) is 8.47. The minimum Gasteiger partial charge on any atom is -0.286 e. The predicted octanol–water partition coefficient (Wildman–Crippen LogP) is -1.67. The van der Waals surface area contributed by atoms with Gasteiger partial charge in [-0.05, 0) is 0 Å². The highest BCUT2D eigenvalue weighted by atomic mass is 32.3. The van der Waals surface area contributed by atoms with Crippen LogP contribution in [0.1, 0.15) is 66.8 Å². The summed E-state index contributed by atoms with van der Waals surface area (Å²) in [5.41, 5.74) is 0. The van der Waals surface area contributed by atoms with Gasteiger partial charge in [0.15, 0.2) is 0 Å². The van der Waals surface area contributed by atoms with E-state index in [1.165, 1.54) is 0 Å². The van der Waals surface area contributed by atoms with E-state index in [1.807, 2.05) is 0 Å². The summed E-state index contributed by atoms with van der Waals surface area (Å²) in [7, 11) is -53.5. The van der Waals surface area contributed by atoms with Crippen LogP contribution in [-0.4, -0.2) is 194 Å². The van der Waals surface area contributed by atoms with Gasteiger partial charge in [0.2, 0.25) is 25.4 Å². The molecular formula is C16H64O36S12.